The zero-order chi connectivity index (χ0) is 23.1. The fourth-order valence-corrected chi connectivity index (χ4v) is 3.03. The maximum absolute atomic E-state index is 12.4. The van der Waals surface area contributed by atoms with E-state index in [1.807, 2.05) is 6.92 Å². The molecule has 3 aromatic rings. The first-order valence-corrected chi connectivity index (χ1v) is 10.6. The maximum atomic E-state index is 12.4. The minimum absolute atomic E-state index is 0.287. The number of rotatable bonds is 8. The molecule has 0 heterocycles. The zero-order valence-corrected chi connectivity index (χ0v) is 18.9. The Morgan fingerprint density at radius 3 is 2.19 bits per heavy atom. The molecule has 0 saturated carbocycles. The molecule has 0 bridgehead atoms. The summed E-state index contributed by atoms with van der Waals surface area (Å²) in [5.41, 5.74) is 0.763. The van der Waals surface area contributed by atoms with Gasteiger partial charge in [0, 0.05) is 10.6 Å². The number of benzene rings is 3. The lowest BCUT2D eigenvalue weighted by Crippen LogP contribution is -2.28. The van der Waals surface area contributed by atoms with Gasteiger partial charge in [-0.2, -0.15) is 0 Å². The number of nitrogens with one attached hydrogen (secondary N) is 1. The normalized spacial score (nSPS) is 11.4. The van der Waals surface area contributed by atoms with Crippen molar-refractivity contribution in [3.05, 3.63) is 82.3 Å². The van der Waals surface area contributed by atoms with Gasteiger partial charge in [-0.25, -0.2) is 4.79 Å². The van der Waals surface area contributed by atoms with Crippen LogP contribution in [-0.4, -0.2) is 24.6 Å². The van der Waals surface area contributed by atoms with Crippen molar-refractivity contribution in [2.24, 2.45) is 0 Å². The zero-order valence-electron chi connectivity index (χ0n) is 17.4. The Bertz CT molecular complexity index is 1080. The van der Waals surface area contributed by atoms with Crippen LogP contribution >= 0.6 is 23.2 Å². The molecular weight excluding hydrogens is 453 g/mol. The van der Waals surface area contributed by atoms with E-state index in [1.165, 1.54) is 24.3 Å². The number of hydrogen-bond donors (Lipinski definition) is 1. The molecule has 0 aliphatic heterocycles. The first kappa shape index (κ1) is 23.4. The summed E-state index contributed by atoms with van der Waals surface area (Å²) < 4.78 is 16.3. The molecule has 0 radical (unpaired) electrons. The molecule has 1 atom stereocenters. The van der Waals surface area contributed by atoms with Crippen LogP contribution in [0.4, 0.5) is 5.69 Å². The molecule has 1 amide bonds. The van der Waals surface area contributed by atoms with Crippen molar-refractivity contribution in [2.45, 2.75) is 20.0 Å². The average Bonchev–Trinajstić information content (AvgIpc) is 2.78. The van der Waals surface area contributed by atoms with Gasteiger partial charge in [0.15, 0.2) is 6.10 Å². The lowest BCUT2D eigenvalue weighted by atomic mass is 10.2. The van der Waals surface area contributed by atoms with E-state index >= 15 is 0 Å². The predicted molar refractivity (Wildman–Crippen MR) is 124 cm³/mol. The van der Waals surface area contributed by atoms with Crippen LogP contribution in [0, 0.1) is 0 Å². The van der Waals surface area contributed by atoms with Gasteiger partial charge in [0.1, 0.15) is 17.2 Å². The Kier molecular flexibility index (Phi) is 7.98. The molecule has 3 rings (SSSR count). The summed E-state index contributed by atoms with van der Waals surface area (Å²) >= 11 is 12.0. The quantitative estimate of drug-likeness (QED) is 0.319. The van der Waals surface area contributed by atoms with Crippen LogP contribution < -0.4 is 19.5 Å². The third-order valence-electron chi connectivity index (χ3n) is 4.29. The molecule has 166 valence electrons. The van der Waals surface area contributed by atoms with E-state index in [1.54, 1.807) is 49.4 Å². The van der Waals surface area contributed by atoms with Gasteiger partial charge < -0.3 is 19.5 Å². The Hall–Kier alpha value is -3.22. The molecule has 1 N–H and O–H groups in total. The number of amides is 1. The Morgan fingerprint density at radius 2 is 1.53 bits per heavy atom. The summed E-state index contributed by atoms with van der Waals surface area (Å²) in [4.78, 5) is 24.8. The van der Waals surface area contributed by atoms with Gasteiger partial charge in [-0.1, -0.05) is 23.2 Å². The Morgan fingerprint density at radius 1 is 0.906 bits per heavy atom. The van der Waals surface area contributed by atoms with Gasteiger partial charge >= 0.3 is 5.97 Å². The van der Waals surface area contributed by atoms with Crippen molar-refractivity contribution in [2.75, 3.05) is 11.9 Å². The van der Waals surface area contributed by atoms with Crippen LogP contribution in [0.15, 0.2) is 66.7 Å². The molecule has 0 aliphatic rings. The van der Waals surface area contributed by atoms with Crippen molar-refractivity contribution in [3.63, 3.8) is 0 Å². The number of carbonyl (C=O) groups is 2. The third kappa shape index (κ3) is 6.39. The van der Waals surface area contributed by atoms with Crippen molar-refractivity contribution < 1.29 is 23.8 Å². The number of esters is 1. The summed E-state index contributed by atoms with van der Waals surface area (Å²) in [6, 6.07) is 17.9. The molecule has 6 nitrogen and oxygen atoms in total. The van der Waals surface area contributed by atoms with Gasteiger partial charge in [0.05, 0.1) is 17.3 Å². The van der Waals surface area contributed by atoms with Crippen molar-refractivity contribution in [1.82, 2.24) is 0 Å². The smallest absolute Gasteiger partial charge is 0.352 e. The van der Waals surface area contributed by atoms with E-state index in [-0.39, 0.29) is 11.7 Å². The first-order valence-electron chi connectivity index (χ1n) is 9.83. The minimum atomic E-state index is -0.833. The highest BCUT2D eigenvalue weighted by Crippen LogP contribution is 2.26. The molecule has 32 heavy (non-hydrogen) atoms. The van der Waals surface area contributed by atoms with E-state index < -0.39 is 12.1 Å². The number of hydrogen-bond acceptors (Lipinski definition) is 5. The van der Waals surface area contributed by atoms with Crippen LogP contribution in [0.3, 0.4) is 0 Å². The van der Waals surface area contributed by atoms with Gasteiger partial charge in [-0.15, -0.1) is 0 Å². The lowest BCUT2D eigenvalue weighted by molar-refractivity contribution is -0.141. The number of halogens is 2. The molecule has 0 aromatic heterocycles. The Balaban J connectivity index is 1.56. The second-order valence-corrected chi connectivity index (χ2v) is 7.53. The molecule has 1 unspecified atom stereocenters. The molecule has 0 saturated heterocycles. The molecular formula is C24H21Cl2NO5. The van der Waals surface area contributed by atoms with Crippen LogP contribution in [-0.2, 0) is 4.79 Å². The van der Waals surface area contributed by atoms with Gasteiger partial charge in [0.2, 0.25) is 0 Å². The summed E-state index contributed by atoms with van der Waals surface area (Å²) in [6.45, 7) is 4.06. The van der Waals surface area contributed by atoms with E-state index in [9.17, 15) is 9.59 Å². The highest BCUT2D eigenvalue weighted by Gasteiger charge is 2.18. The number of carbonyl (C=O) groups excluding carboxylic acids is 2. The molecule has 0 fully saturated rings. The molecule has 3 aromatic carbocycles. The topological polar surface area (TPSA) is 73.9 Å². The van der Waals surface area contributed by atoms with Crippen LogP contribution in [0.2, 0.25) is 10.0 Å². The largest absolute Gasteiger partial charge is 0.494 e. The fraction of sp³-hybridized carbons (Fsp3) is 0.167. The highest BCUT2D eigenvalue weighted by molar-refractivity contribution is 6.35. The SMILES string of the molecule is CCOc1ccc(OC(C)C(=O)Oc2ccc(C(=O)Nc3cc(Cl)ccc3Cl)cc2)cc1. The standard InChI is InChI=1S/C24H21Cl2NO5/c1-3-30-18-9-11-19(12-10-18)31-15(2)24(29)32-20-7-4-16(5-8-20)23(28)27-22-14-17(25)6-13-21(22)26/h4-15H,3H2,1-2H3,(H,27,28). The molecule has 0 aliphatic carbocycles. The first-order chi connectivity index (χ1) is 15.4. The summed E-state index contributed by atoms with van der Waals surface area (Å²) in [5.74, 6) is 0.581. The van der Waals surface area contributed by atoms with Gasteiger partial charge in [-0.05, 0) is 80.6 Å². The lowest BCUT2D eigenvalue weighted by Gasteiger charge is -2.14. The van der Waals surface area contributed by atoms with Crippen LogP contribution in [0.1, 0.15) is 24.2 Å². The van der Waals surface area contributed by atoms with E-state index in [0.29, 0.717) is 33.7 Å². The van der Waals surface area contributed by atoms with Crippen molar-refractivity contribution >= 4 is 40.8 Å². The van der Waals surface area contributed by atoms with Gasteiger partial charge in [-0.3, -0.25) is 4.79 Å². The van der Waals surface area contributed by atoms with Crippen LogP contribution in [0.25, 0.3) is 0 Å². The maximum Gasteiger partial charge on any atom is 0.352 e. The predicted octanol–water partition coefficient (Wildman–Crippen LogP) is 6.02. The fourth-order valence-electron chi connectivity index (χ4n) is 2.69. The minimum Gasteiger partial charge on any atom is -0.494 e. The molecule has 8 heteroatoms. The highest BCUT2D eigenvalue weighted by atomic mass is 35.5. The van der Waals surface area contributed by atoms with Crippen molar-refractivity contribution in [3.8, 4) is 17.2 Å². The molecule has 0 spiro atoms. The van der Waals surface area contributed by atoms with E-state index in [4.69, 9.17) is 37.4 Å². The second kappa shape index (κ2) is 10.9. The summed E-state index contributed by atoms with van der Waals surface area (Å²) in [6.07, 6.45) is -0.833. The third-order valence-corrected chi connectivity index (χ3v) is 4.86. The monoisotopic (exact) mass is 473 g/mol. The van der Waals surface area contributed by atoms with Gasteiger partial charge in [0.25, 0.3) is 5.91 Å². The number of anilines is 1. The summed E-state index contributed by atoms with van der Waals surface area (Å²) in [5, 5.41) is 3.52. The van der Waals surface area contributed by atoms with Crippen molar-refractivity contribution in [1.29, 1.82) is 0 Å². The van der Waals surface area contributed by atoms with E-state index in [0.717, 1.165) is 5.75 Å². The average molecular weight is 474 g/mol. The number of ether oxygens (including phenoxy) is 3. The van der Waals surface area contributed by atoms with Crippen LogP contribution in [0.5, 0.6) is 17.2 Å². The second-order valence-electron chi connectivity index (χ2n) is 6.69. The Labute approximate surface area is 196 Å². The van der Waals surface area contributed by atoms with E-state index in [2.05, 4.69) is 5.32 Å². The summed E-state index contributed by atoms with van der Waals surface area (Å²) in [7, 11) is 0.